The summed E-state index contributed by atoms with van der Waals surface area (Å²) in [5.74, 6) is -0.537. The van der Waals surface area contributed by atoms with E-state index in [-0.39, 0.29) is 12.2 Å². The number of carbonyl (C=O) groups is 1. The van der Waals surface area contributed by atoms with Gasteiger partial charge in [-0.2, -0.15) is 0 Å². The van der Waals surface area contributed by atoms with Gasteiger partial charge in [-0.1, -0.05) is 17.7 Å². The predicted molar refractivity (Wildman–Crippen MR) is 77.1 cm³/mol. The molecule has 7 heteroatoms. The van der Waals surface area contributed by atoms with Crippen LogP contribution in [0, 0.1) is 6.92 Å². The molecule has 0 aromatic heterocycles. The number of aryl methyl sites for hydroxylation is 1. The lowest BCUT2D eigenvalue weighted by Crippen LogP contribution is -2.37. The van der Waals surface area contributed by atoms with Crippen LogP contribution in [0.15, 0.2) is 18.2 Å². The van der Waals surface area contributed by atoms with Crippen LogP contribution >= 0.6 is 11.6 Å². The molecule has 5 nitrogen and oxygen atoms in total. The minimum Gasteiger partial charge on any atom is -0.324 e. The van der Waals surface area contributed by atoms with Gasteiger partial charge in [-0.25, -0.2) is 8.42 Å². The molecule has 0 saturated carbocycles. The number of amides is 1. The van der Waals surface area contributed by atoms with E-state index in [2.05, 4.69) is 5.32 Å². The topological polar surface area (TPSA) is 89.3 Å². The molecule has 0 aliphatic rings. The van der Waals surface area contributed by atoms with Crippen molar-refractivity contribution in [2.75, 3.05) is 17.3 Å². The van der Waals surface area contributed by atoms with E-state index in [0.717, 1.165) is 11.8 Å². The monoisotopic (exact) mass is 304 g/mol. The summed E-state index contributed by atoms with van der Waals surface area (Å²) in [6.07, 6.45) is 1.20. The molecule has 1 aromatic carbocycles. The first-order chi connectivity index (χ1) is 8.69. The lowest BCUT2D eigenvalue weighted by Gasteiger charge is -2.13. The van der Waals surface area contributed by atoms with Crippen molar-refractivity contribution in [1.29, 1.82) is 0 Å². The lowest BCUT2D eigenvalue weighted by molar-refractivity contribution is -0.117. The third kappa shape index (κ3) is 5.59. The van der Waals surface area contributed by atoms with E-state index >= 15 is 0 Å². The summed E-state index contributed by atoms with van der Waals surface area (Å²) >= 11 is 5.84. The summed E-state index contributed by atoms with van der Waals surface area (Å²) in [5.41, 5.74) is 7.08. The highest BCUT2D eigenvalue weighted by Crippen LogP contribution is 2.20. The first-order valence-corrected chi connectivity index (χ1v) is 8.13. The Balaban J connectivity index is 2.66. The highest BCUT2D eigenvalue weighted by molar-refractivity contribution is 7.90. The number of nitrogens with one attached hydrogen (secondary N) is 1. The first-order valence-electron chi connectivity index (χ1n) is 5.69. The van der Waals surface area contributed by atoms with Crippen molar-refractivity contribution in [3.05, 3.63) is 28.8 Å². The second kappa shape index (κ2) is 6.36. The molecule has 0 radical (unpaired) electrons. The summed E-state index contributed by atoms with van der Waals surface area (Å²) in [7, 11) is -3.12. The number of rotatable bonds is 5. The minimum atomic E-state index is -3.12. The summed E-state index contributed by atoms with van der Waals surface area (Å²) in [4.78, 5) is 11.8. The summed E-state index contributed by atoms with van der Waals surface area (Å²) in [5, 5.41) is 3.15. The number of carbonyl (C=O) groups excluding carboxylic acids is 1. The fourth-order valence-electron chi connectivity index (χ4n) is 1.43. The van der Waals surface area contributed by atoms with Crippen molar-refractivity contribution in [2.45, 2.75) is 19.4 Å². The van der Waals surface area contributed by atoms with Gasteiger partial charge in [0.1, 0.15) is 9.84 Å². The highest BCUT2D eigenvalue weighted by Gasteiger charge is 2.16. The molecule has 1 rings (SSSR count). The molecular formula is C12H17ClN2O3S. The average molecular weight is 305 g/mol. The van der Waals surface area contributed by atoms with Crippen LogP contribution in [0.4, 0.5) is 5.69 Å². The molecule has 0 spiro atoms. The van der Waals surface area contributed by atoms with Crippen LogP contribution in [0.25, 0.3) is 0 Å². The molecule has 0 aliphatic heterocycles. The molecule has 1 atom stereocenters. The van der Waals surface area contributed by atoms with E-state index in [1.54, 1.807) is 18.2 Å². The Bertz CT molecular complexity index is 572. The maximum Gasteiger partial charge on any atom is 0.241 e. The van der Waals surface area contributed by atoms with Crippen LogP contribution in [0.5, 0.6) is 0 Å². The molecular weight excluding hydrogens is 288 g/mol. The summed E-state index contributed by atoms with van der Waals surface area (Å²) in [6, 6.07) is 4.25. The normalized spacial score (nSPS) is 13.1. The van der Waals surface area contributed by atoms with E-state index in [1.165, 1.54) is 0 Å². The van der Waals surface area contributed by atoms with Gasteiger partial charge in [0.2, 0.25) is 5.91 Å². The molecule has 0 bridgehead atoms. The van der Waals surface area contributed by atoms with Crippen molar-refractivity contribution >= 4 is 33.0 Å². The largest absolute Gasteiger partial charge is 0.324 e. The standard InChI is InChI=1S/C12H17ClN2O3S/c1-8-3-4-9(13)7-11(8)15-12(16)10(14)5-6-19(2,17)18/h3-4,7,10H,5-6,14H2,1-2H3,(H,15,16). The number of benzene rings is 1. The van der Waals surface area contributed by atoms with Gasteiger partial charge in [-0.05, 0) is 31.0 Å². The number of anilines is 1. The average Bonchev–Trinajstić information content (AvgIpc) is 2.29. The zero-order valence-electron chi connectivity index (χ0n) is 10.8. The number of sulfone groups is 1. The van der Waals surface area contributed by atoms with Crippen LogP contribution in [0.2, 0.25) is 5.02 Å². The van der Waals surface area contributed by atoms with Crippen LogP contribution < -0.4 is 11.1 Å². The van der Waals surface area contributed by atoms with Crippen LogP contribution in [0.3, 0.4) is 0 Å². The molecule has 19 heavy (non-hydrogen) atoms. The smallest absolute Gasteiger partial charge is 0.241 e. The number of halogens is 1. The number of nitrogens with two attached hydrogens (primary N) is 1. The fourth-order valence-corrected chi connectivity index (χ4v) is 2.28. The van der Waals surface area contributed by atoms with Gasteiger partial charge < -0.3 is 11.1 Å². The third-order valence-corrected chi connectivity index (χ3v) is 3.81. The van der Waals surface area contributed by atoms with Gasteiger partial charge in [0.25, 0.3) is 0 Å². The molecule has 106 valence electrons. The Kier molecular flexibility index (Phi) is 5.34. The first kappa shape index (κ1) is 15.9. The maximum atomic E-state index is 11.8. The Morgan fingerprint density at radius 1 is 1.47 bits per heavy atom. The van der Waals surface area contributed by atoms with Gasteiger partial charge in [0.15, 0.2) is 0 Å². The van der Waals surface area contributed by atoms with E-state index in [1.807, 2.05) is 6.92 Å². The van der Waals surface area contributed by atoms with Crippen LogP contribution in [-0.2, 0) is 14.6 Å². The van der Waals surface area contributed by atoms with Crippen molar-refractivity contribution in [2.24, 2.45) is 5.73 Å². The van der Waals surface area contributed by atoms with Gasteiger partial charge >= 0.3 is 0 Å². The van der Waals surface area contributed by atoms with Crippen LogP contribution in [0.1, 0.15) is 12.0 Å². The molecule has 0 saturated heterocycles. The van der Waals surface area contributed by atoms with Crippen molar-refractivity contribution in [3.63, 3.8) is 0 Å². The Morgan fingerprint density at radius 2 is 2.11 bits per heavy atom. The van der Waals surface area contributed by atoms with Gasteiger partial charge in [0, 0.05) is 17.0 Å². The molecule has 1 unspecified atom stereocenters. The van der Waals surface area contributed by atoms with E-state index in [4.69, 9.17) is 17.3 Å². The Hall–Kier alpha value is -1.11. The molecule has 0 heterocycles. The second-order valence-electron chi connectivity index (χ2n) is 4.47. The van der Waals surface area contributed by atoms with E-state index in [0.29, 0.717) is 10.7 Å². The molecule has 0 fully saturated rings. The molecule has 1 aromatic rings. The van der Waals surface area contributed by atoms with Crippen molar-refractivity contribution in [1.82, 2.24) is 0 Å². The predicted octanol–water partition coefficient (Wildman–Crippen LogP) is 1.35. The zero-order chi connectivity index (χ0) is 14.6. The Labute approximate surface area is 118 Å². The fraction of sp³-hybridized carbons (Fsp3) is 0.417. The SMILES string of the molecule is Cc1ccc(Cl)cc1NC(=O)C(N)CCS(C)(=O)=O. The van der Waals surface area contributed by atoms with Gasteiger partial charge in [0.05, 0.1) is 11.8 Å². The Morgan fingerprint density at radius 3 is 2.68 bits per heavy atom. The zero-order valence-corrected chi connectivity index (χ0v) is 12.4. The number of hydrogen-bond acceptors (Lipinski definition) is 4. The minimum absolute atomic E-state index is 0.0876. The van der Waals surface area contributed by atoms with Gasteiger partial charge in [-0.15, -0.1) is 0 Å². The summed E-state index contributed by atoms with van der Waals surface area (Å²) < 4.78 is 22.0. The van der Waals surface area contributed by atoms with Crippen LogP contribution in [-0.4, -0.2) is 32.4 Å². The number of hydrogen-bond donors (Lipinski definition) is 2. The maximum absolute atomic E-state index is 11.8. The van der Waals surface area contributed by atoms with E-state index < -0.39 is 21.8 Å². The molecule has 3 N–H and O–H groups in total. The second-order valence-corrected chi connectivity index (χ2v) is 7.17. The van der Waals surface area contributed by atoms with Crippen molar-refractivity contribution in [3.8, 4) is 0 Å². The molecule has 0 aliphatic carbocycles. The molecule has 1 amide bonds. The highest BCUT2D eigenvalue weighted by atomic mass is 35.5. The van der Waals surface area contributed by atoms with E-state index in [9.17, 15) is 13.2 Å². The lowest BCUT2D eigenvalue weighted by atomic mass is 10.1. The quantitative estimate of drug-likeness (QED) is 0.859. The van der Waals surface area contributed by atoms with Gasteiger partial charge in [-0.3, -0.25) is 4.79 Å². The third-order valence-electron chi connectivity index (χ3n) is 2.59. The van der Waals surface area contributed by atoms with Crippen molar-refractivity contribution < 1.29 is 13.2 Å². The summed E-state index contributed by atoms with van der Waals surface area (Å²) in [6.45, 7) is 1.83.